The van der Waals surface area contributed by atoms with Gasteiger partial charge in [0.15, 0.2) is 0 Å². The topological polar surface area (TPSA) is 81.1 Å². The Labute approximate surface area is 68.3 Å². The second-order valence-corrected chi connectivity index (χ2v) is 2.21. The summed E-state index contributed by atoms with van der Waals surface area (Å²) in [6, 6.07) is 3.72. The van der Waals surface area contributed by atoms with Crippen LogP contribution < -0.4 is 17.0 Å². The SMILES string of the molecule is NNC(=O)c1ccc(N)c(F)c1. The Morgan fingerprint density at radius 2 is 2.17 bits per heavy atom. The number of hydrogen-bond donors (Lipinski definition) is 3. The van der Waals surface area contributed by atoms with Crippen LogP contribution in [0.2, 0.25) is 0 Å². The standard InChI is InChI=1S/C7H8FN3O/c8-5-3-4(7(12)11-10)1-2-6(5)9/h1-3H,9-10H2,(H,11,12). The molecule has 0 atom stereocenters. The van der Waals surface area contributed by atoms with Crippen molar-refractivity contribution in [2.24, 2.45) is 5.84 Å². The van der Waals surface area contributed by atoms with Crippen LogP contribution in [0.25, 0.3) is 0 Å². The van der Waals surface area contributed by atoms with Crippen molar-refractivity contribution in [3.8, 4) is 0 Å². The van der Waals surface area contributed by atoms with E-state index in [1.54, 1.807) is 0 Å². The number of rotatable bonds is 1. The van der Waals surface area contributed by atoms with Crippen LogP contribution in [0.1, 0.15) is 10.4 Å². The Hall–Kier alpha value is -1.62. The number of nitrogens with one attached hydrogen (secondary N) is 1. The van der Waals surface area contributed by atoms with Crippen LogP contribution in [0.5, 0.6) is 0 Å². The van der Waals surface area contributed by atoms with Crippen molar-refractivity contribution in [2.45, 2.75) is 0 Å². The van der Waals surface area contributed by atoms with Gasteiger partial charge in [0.05, 0.1) is 5.69 Å². The molecule has 4 nitrogen and oxygen atoms in total. The molecule has 1 amide bonds. The molecule has 1 aromatic rings. The van der Waals surface area contributed by atoms with Crippen molar-refractivity contribution < 1.29 is 9.18 Å². The number of carbonyl (C=O) groups excluding carboxylic acids is 1. The summed E-state index contributed by atoms with van der Waals surface area (Å²) in [6.45, 7) is 0. The van der Waals surface area contributed by atoms with E-state index in [4.69, 9.17) is 11.6 Å². The van der Waals surface area contributed by atoms with Gasteiger partial charge in [-0.05, 0) is 18.2 Å². The van der Waals surface area contributed by atoms with Gasteiger partial charge in [-0.3, -0.25) is 10.2 Å². The summed E-state index contributed by atoms with van der Waals surface area (Å²) in [4.78, 5) is 10.8. The lowest BCUT2D eigenvalue weighted by Gasteiger charge is -2.00. The van der Waals surface area contributed by atoms with E-state index >= 15 is 0 Å². The van der Waals surface area contributed by atoms with E-state index in [1.165, 1.54) is 12.1 Å². The minimum Gasteiger partial charge on any atom is -0.396 e. The van der Waals surface area contributed by atoms with Crippen LogP contribution in [0.4, 0.5) is 10.1 Å². The maximum absolute atomic E-state index is 12.7. The van der Waals surface area contributed by atoms with Gasteiger partial charge in [-0.1, -0.05) is 0 Å². The molecule has 0 unspecified atom stereocenters. The molecule has 0 aliphatic carbocycles. The lowest BCUT2D eigenvalue weighted by molar-refractivity contribution is 0.0953. The lowest BCUT2D eigenvalue weighted by Crippen LogP contribution is -2.30. The normalized spacial score (nSPS) is 9.50. The molecule has 0 bridgehead atoms. The largest absolute Gasteiger partial charge is 0.396 e. The highest BCUT2D eigenvalue weighted by atomic mass is 19.1. The summed E-state index contributed by atoms with van der Waals surface area (Å²) in [5.74, 6) is 3.66. The van der Waals surface area contributed by atoms with Crippen LogP contribution in [-0.4, -0.2) is 5.91 Å². The van der Waals surface area contributed by atoms with Crippen LogP contribution >= 0.6 is 0 Å². The molecule has 12 heavy (non-hydrogen) atoms. The maximum Gasteiger partial charge on any atom is 0.265 e. The average Bonchev–Trinajstić information content (AvgIpc) is 2.08. The van der Waals surface area contributed by atoms with Gasteiger partial charge in [-0.15, -0.1) is 0 Å². The molecule has 1 aromatic carbocycles. The van der Waals surface area contributed by atoms with Crippen molar-refractivity contribution in [3.63, 3.8) is 0 Å². The average molecular weight is 169 g/mol. The van der Waals surface area contributed by atoms with Crippen LogP contribution in [-0.2, 0) is 0 Å². The van der Waals surface area contributed by atoms with Gasteiger partial charge < -0.3 is 5.73 Å². The second-order valence-electron chi connectivity index (χ2n) is 2.21. The van der Waals surface area contributed by atoms with E-state index in [-0.39, 0.29) is 11.3 Å². The first-order valence-corrected chi connectivity index (χ1v) is 3.21. The van der Waals surface area contributed by atoms with Crippen LogP contribution in [0, 0.1) is 5.82 Å². The second kappa shape index (κ2) is 3.19. The number of nitrogens with two attached hydrogens (primary N) is 2. The number of hydrazine groups is 1. The van der Waals surface area contributed by atoms with E-state index < -0.39 is 11.7 Å². The van der Waals surface area contributed by atoms with Crippen LogP contribution in [0.3, 0.4) is 0 Å². The molecule has 0 spiro atoms. The molecule has 5 N–H and O–H groups in total. The minimum absolute atomic E-state index is 0.00331. The number of amides is 1. The molecule has 0 saturated heterocycles. The summed E-state index contributed by atoms with van der Waals surface area (Å²) in [5.41, 5.74) is 7.22. The van der Waals surface area contributed by atoms with Crippen molar-refractivity contribution in [1.82, 2.24) is 5.43 Å². The summed E-state index contributed by atoms with van der Waals surface area (Å²) in [7, 11) is 0. The highest BCUT2D eigenvalue weighted by molar-refractivity contribution is 5.94. The number of hydrogen-bond acceptors (Lipinski definition) is 3. The summed E-state index contributed by atoms with van der Waals surface area (Å²) >= 11 is 0. The Balaban J connectivity index is 3.05. The highest BCUT2D eigenvalue weighted by Crippen LogP contribution is 2.11. The van der Waals surface area contributed by atoms with Crippen LogP contribution in [0.15, 0.2) is 18.2 Å². The van der Waals surface area contributed by atoms with Gasteiger partial charge in [0.1, 0.15) is 5.82 Å². The zero-order chi connectivity index (χ0) is 9.14. The van der Waals surface area contributed by atoms with Gasteiger partial charge in [0, 0.05) is 5.56 Å². The van der Waals surface area contributed by atoms with E-state index in [1.807, 2.05) is 5.43 Å². The zero-order valence-electron chi connectivity index (χ0n) is 6.17. The summed E-state index contributed by atoms with van der Waals surface area (Å²) < 4.78 is 12.7. The molecule has 0 heterocycles. The number of benzene rings is 1. The number of carbonyl (C=O) groups is 1. The molecule has 0 aliphatic heterocycles. The molecule has 0 saturated carbocycles. The fourth-order valence-corrected chi connectivity index (χ4v) is 0.752. The van der Waals surface area contributed by atoms with Crippen molar-refractivity contribution in [1.29, 1.82) is 0 Å². The van der Waals surface area contributed by atoms with Gasteiger partial charge in [0.25, 0.3) is 5.91 Å². The molecule has 5 heteroatoms. The zero-order valence-corrected chi connectivity index (χ0v) is 6.17. The Morgan fingerprint density at radius 3 is 2.67 bits per heavy atom. The Morgan fingerprint density at radius 1 is 1.50 bits per heavy atom. The fraction of sp³-hybridized carbons (Fsp3) is 0. The monoisotopic (exact) mass is 169 g/mol. The molecule has 0 fully saturated rings. The molecule has 1 rings (SSSR count). The Bertz CT molecular complexity index is 314. The third-order valence-corrected chi connectivity index (χ3v) is 1.39. The van der Waals surface area contributed by atoms with Crippen molar-refractivity contribution in [2.75, 3.05) is 5.73 Å². The van der Waals surface area contributed by atoms with Gasteiger partial charge >= 0.3 is 0 Å². The predicted molar refractivity (Wildman–Crippen MR) is 42.5 cm³/mol. The van der Waals surface area contributed by atoms with E-state index in [0.717, 1.165) is 6.07 Å². The minimum atomic E-state index is -0.629. The van der Waals surface area contributed by atoms with Gasteiger partial charge in [0.2, 0.25) is 0 Å². The fourth-order valence-electron chi connectivity index (χ4n) is 0.752. The molecule has 0 radical (unpaired) electrons. The van der Waals surface area contributed by atoms with E-state index in [0.29, 0.717) is 0 Å². The first kappa shape index (κ1) is 8.48. The quantitative estimate of drug-likeness (QED) is 0.240. The smallest absolute Gasteiger partial charge is 0.265 e. The Kier molecular flexibility index (Phi) is 2.25. The van der Waals surface area contributed by atoms with Gasteiger partial charge in [-0.2, -0.15) is 0 Å². The molecule has 0 aliphatic rings. The summed E-state index contributed by atoms with van der Waals surface area (Å²) in [6.07, 6.45) is 0. The number of halogens is 1. The van der Waals surface area contributed by atoms with Crippen molar-refractivity contribution in [3.05, 3.63) is 29.6 Å². The number of anilines is 1. The van der Waals surface area contributed by atoms with Gasteiger partial charge in [-0.25, -0.2) is 10.2 Å². The third kappa shape index (κ3) is 1.51. The van der Waals surface area contributed by atoms with E-state index in [2.05, 4.69) is 0 Å². The summed E-state index contributed by atoms with van der Waals surface area (Å²) in [5, 5.41) is 0. The predicted octanol–water partition coefficient (Wildman–Crippen LogP) is 0.0114. The maximum atomic E-state index is 12.7. The highest BCUT2D eigenvalue weighted by Gasteiger charge is 2.05. The first-order valence-electron chi connectivity index (χ1n) is 3.21. The molecular formula is C7H8FN3O. The third-order valence-electron chi connectivity index (χ3n) is 1.39. The molecule has 64 valence electrons. The van der Waals surface area contributed by atoms with E-state index in [9.17, 15) is 9.18 Å². The first-order chi connectivity index (χ1) is 5.65. The lowest BCUT2D eigenvalue weighted by atomic mass is 10.2. The van der Waals surface area contributed by atoms with Crippen molar-refractivity contribution >= 4 is 11.6 Å². The molecule has 0 aromatic heterocycles. The molecular weight excluding hydrogens is 161 g/mol. The number of nitrogen functional groups attached to an aromatic ring is 2.